The monoisotopic (exact) mass is 294 g/mol. The lowest BCUT2D eigenvalue weighted by molar-refractivity contribution is 0.463. The minimum atomic E-state index is -3.54. The van der Waals surface area contributed by atoms with Crippen LogP contribution in [-0.4, -0.2) is 32.9 Å². The average molecular weight is 294 g/mol. The maximum Gasteiger partial charge on any atom is 0.244 e. The number of benzene rings is 1. The normalized spacial score (nSPS) is 11.6. The minimum absolute atomic E-state index is 0.0908. The fourth-order valence-corrected chi connectivity index (χ4v) is 3.76. The van der Waals surface area contributed by atoms with E-state index in [1.807, 2.05) is 27.0 Å². The molecule has 0 saturated heterocycles. The molecular weight excluding hydrogens is 272 g/mol. The zero-order valence-electron chi connectivity index (χ0n) is 12.5. The molecule has 1 rings (SSSR count). The molecule has 0 spiro atoms. The number of aryl methyl sites for hydroxylation is 2. The molecule has 0 aliphatic rings. The van der Waals surface area contributed by atoms with E-state index in [0.29, 0.717) is 18.0 Å². The van der Waals surface area contributed by atoms with E-state index < -0.39 is 10.0 Å². The van der Waals surface area contributed by atoms with Crippen molar-refractivity contribution < 1.29 is 8.42 Å². The van der Waals surface area contributed by atoms with Gasteiger partial charge in [0.1, 0.15) is 0 Å². The van der Waals surface area contributed by atoms with Gasteiger partial charge >= 0.3 is 0 Å². The Hall–Kier alpha value is -1.35. The molecule has 0 heterocycles. The molecule has 5 heteroatoms. The number of rotatable bonds is 6. The lowest BCUT2D eigenvalue weighted by Gasteiger charge is -2.20. The quantitative estimate of drug-likeness (QED) is 0.812. The molecule has 4 nitrogen and oxygen atoms in total. The summed E-state index contributed by atoms with van der Waals surface area (Å²) in [7, 11) is -1.70. The molecule has 0 amide bonds. The summed E-state index contributed by atoms with van der Waals surface area (Å²) in [5, 5.41) is 3.05. The van der Waals surface area contributed by atoms with Crippen LogP contribution in [0.5, 0.6) is 0 Å². The van der Waals surface area contributed by atoms with Crippen molar-refractivity contribution in [1.29, 1.82) is 0 Å². The second kappa shape index (κ2) is 6.89. The van der Waals surface area contributed by atoms with Gasteiger partial charge in [0.25, 0.3) is 0 Å². The highest BCUT2D eigenvalue weighted by Gasteiger charge is 2.24. The van der Waals surface area contributed by atoms with Gasteiger partial charge in [-0.05, 0) is 43.7 Å². The summed E-state index contributed by atoms with van der Waals surface area (Å²) in [4.78, 5) is 0.338. The maximum absolute atomic E-state index is 12.7. The van der Waals surface area contributed by atoms with E-state index in [-0.39, 0.29) is 6.54 Å². The average Bonchev–Trinajstić information content (AvgIpc) is 2.38. The fraction of sp³-hybridized carbons (Fsp3) is 0.467. The predicted octanol–water partition coefficient (Wildman–Crippen LogP) is 1.67. The minimum Gasteiger partial charge on any atom is -0.316 e. The summed E-state index contributed by atoms with van der Waals surface area (Å²) in [5.41, 5.74) is 2.81. The first kappa shape index (κ1) is 16.7. The SMILES string of the molecule is C#CCN(CC)S(=O)(=O)c1cc(CNC)c(C)cc1C. The van der Waals surface area contributed by atoms with Crippen molar-refractivity contribution in [3.05, 3.63) is 28.8 Å². The van der Waals surface area contributed by atoms with Crippen molar-refractivity contribution in [2.45, 2.75) is 32.2 Å². The molecule has 0 atom stereocenters. The van der Waals surface area contributed by atoms with Gasteiger partial charge in [0, 0.05) is 13.1 Å². The molecular formula is C15H22N2O2S. The van der Waals surface area contributed by atoms with Gasteiger partial charge in [-0.25, -0.2) is 8.42 Å². The van der Waals surface area contributed by atoms with Gasteiger partial charge in [-0.15, -0.1) is 6.42 Å². The zero-order chi connectivity index (χ0) is 15.3. The third kappa shape index (κ3) is 3.40. The summed E-state index contributed by atoms with van der Waals surface area (Å²) in [6.45, 7) is 6.67. The summed E-state index contributed by atoms with van der Waals surface area (Å²) >= 11 is 0. The Labute approximate surface area is 122 Å². The molecule has 0 aromatic heterocycles. The maximum atomic E-state index is 12.7. The Bertz CT molecular complexity index is 615. The van der Waals surface area contributed by atoms with Crippen LogP contribution < -0.4 is 5.32 Å². The lowest BCUT2D eigenvalue weighted by Crippen LogP contribution is -2.32. The highest BCUT2D eigenvalue weighted by molar-refractivity contribution is 7.89. The van der Waals surface area contributed by atoms with Gasteiger partial charge in [-0.3, -0.25) is 0 Å². The van der Waals surface area contributed by atoms with Gasteiger partial charge in [0.15, 0.2) is 0 Å². The largest absolute Gasteiger partial charge is 0.316 e. The van der Waals surface area contributed by atoms with E-state index in [1.54, 1.807) is 13.0 Å². The van der Waals surface area contributed by atoms with Crippen LogP contribution in [0, 0.1) is 26.2 Å². The van der Waals surface area contributed by atoms with Crippen LogP contribution >= 0.6 is 0 Å². The van der Waals surface area contributed by atoms with Crippen molar-refractivity contribution in [2.24, 2.45) is 0 Å². The van der Waals surface area contributed by atoms with E-state index in [9.17, 15) is 8.42 Å². The van der Waals surface area contributed by atoms with Crippen molar-refractivity contribution >= 4 is 10.0 Å². The Morgan fingerprint density at radius 1 is 1.30 bits per heavy atom. The van der Waals surface area contributed by atoms with Gasteiger partial charge in [-0.1, -0.05) is 18.9 Å². The van der Waals surface area contributed by atoms with E-state index in [4.69, 9.17) is 6.42 Å². The van der Waals surface area contributed by atoms with E-state index >= 15 is 0 Å². The smallest absolute Gasteiger partial charge is 0.244 e. The molecule has 110 valence electrons. The highest BCUT2D eigenvalue weighted by Crippen LogP contribution is 2.23. The van der Waals surface area contributed by atoms with Gasteiger partial charge < -0.3 is 5.32 Å². The van der Waals surface area contributed by atoms with Gasteiger partial charge in [-0.2, -0.15) is 4.31 Å². The van der Waals surface area contributed by atoms with Crippen LogP contribution in [-0.2, 0) is 16.6 Å². The second-order valence-corrected chi connectivity index (χ2v) is 6.62. The summed E-state index contributed by atoms with van der Waals surface area (Å²) in [6.07, 6.45) is 5.25. The highest BCUT2D eigenvalue weighted by atomic mass is 32.2. The number of nitrogens with one attached hydrogen (secondary N) is 1. The molecule has 1 N–H and O–H groups in total. The second-order valence-electron chi connectivity index (χ2n) is 4.71. The Balaban J connectivity index is 3.38. The van der Waals surface area contributed by atoms with Gasteiger partial charge in [0.2, 0.25) is 10.0 Å². The van der Waals surface area contributed by atoms with Gasteiger partial charge in [0.05, 0.1) is 11.4 Å². The molecule has 0 radical (unpaired) electrons. The first-order valence-electron chi connectivity index (χ1n) is 6.56. The number of terminal acetylenes is 1. The molecule has 0 bridgehead atoms. The number of sulfonamides is 1. The zero-order valence-corrected chi connectivity index (χ0v) is 13.3. The van der Waals surface area contributed by atoms with Crippen LogP contribution in [0.15, 0.2) is 17.0 Å². The standard InChI is InChI=1S/C15H22N2O2S/c1-6-8-17(7-2)20(18,19)15-10-14(11-16-5)12(3)9-13(15)4/h1,9-10,16H,7-8,11H2,2-5H3. The third-order valence-corrected chi connectivity index (χ3v) is 5.30. The first-order valence-corrected chi connectivity index (χ1v) is 8.00. The molecule has 20 heavy (non-hydrogen) atoms. The number of hydrogen-bond donors (Lipinski definition) is 1. The van der Waals surface area contributed by atoms with E-state index in [0.717, 1.165) is 16.7 Å². The van der Waals surface area contributed by atoms with Crippen molar-refractivity contribution in [3.8, 4) is 12.3 Å². The molecule has 0 unspecified atom stereocenters. The number of hydrogen-bond acceptors (Lipinski definition) is 3. The summed E-state index contributed by atoms with van der Waals surface area (Å²) in [6, 6.07) is 3.65. The summed E-state index contributed by atoms with van der Waals surface area (Å²) in [5.74, 6) is 2.40. The Kier molecular flexibility index (Phi) is 5.75. The number of nitrogens with zero attached hydrogens (tertiary/aromatic N) is 1. The predicted molar refractivity (Wildman–Crippen MR) is 81.9 cm³/mol. The van der Waals surface area contributed by atoms with Crippen molar-refractivity contribution in [1.82, 2.24) is 9.62 Å². The molecule has 0 aliphatic heterocycles. The fourth-order valence-electron chi connectivity index (χ4n) is 2.14. The molecule has 1 aromatic carbocycles. The first-order chi connectivity index (χ1) is 9.38. The summed E-state index contributed by atoms with van der Waals surface area (Å²) < 4.78 is 26.6. The molecule has 1 aromatic rings. The molecule has 0 fully saturated rings. The topological polar surface area (TPSA) is 49.4 Å². The molecule has 0 saturated carbocycles. The van der Waals surface area contributed by atoms with Crippen LogP contribution in [0.4, 0.5) is 0 Å². The van der Waals surface area contributed by atoms with Crippen LogP contribution in [0.3, 0.4) is 0 Å². The van der Waals surface area contributed by atoms with E-state index in [2.05, 4.69) is 11.2 Å². The lowest BCUT2D eigenvalue weighted by atomic mass is 10.1. The van der Waals surface area contributed by atoms with Crippen molar-refractivity contribution in [3.63, 3.8) is 0 Å². The Morgan fingerprint density at radius 2 is 1.95 bits per heavy atom. The third-order valence-electron chi connectivity index (χ3n) is 3.24. The van der Waals surface area contributed by atoms with Crippen molar-refractivity contribution in [2.75, 3.05) is 20.1 Å². The van der Waals surface area contributed by atoms with Crippen LogP contribution in [0.25, 0.3) is 0 Å². The molecule has 0 aliphatic carbocycles. The Morgan fingerprint density at radius 3 is 2.45 bits per heavy atom. The van der Waals surface area contributed by atoms with E-state index in [1.165, 1.54) is 4.31 Å². The van der Waals surface area contributed by atoms with Crippen LogP contribution in [0.1, 0.15) is 23.6 Å². The van der Waals surface area contributed by atoms with Crippen LogP contribution in [0.2, 0.25) is 0 Å².